The van der Waals surface area contributed by atoms with E-state index in [1.165, 1.54) is 18.4 Å². The van der Waals surface area contributed by atoms with Crippen LogP contribution in [0.1, 0.15) is 23.0 Å². The van der Waals surface area contributed by atoms with E-state index in [9.17, 15) is 13.6 Å². The number of hydrogen-bond donors (Lipinski definition) is 1. The van der Waals surface area contributed by atoms with E-state index in [1.807, 2.05) is 0 Å². The molecule has 2 aromatic rings. The second-order valence-corrected chi connectivity index (χ2v) is 8.95. The third-order valence-electron chi connectivity index (χ3n) is 5.05. The van der Waals surface area contributed by atoms with Crippen molar-refractivity contribution in [3.63, 3.8) is 0 Å². The monoisotopic (exact) mass is 486 g/mol. The van der Waals surface area contributed by atoms with Gasteiger partial charge in [-0.3, -0.25) is 9.89 Å². The predicted octanol–water partition coefficient (Wildman–Crippen LogP) is 4.31. The Kier molecular flexibility index (Phi) is 6.30. The van der Waals surface area contributed by atoms with E-state index in [2.05, 4.69) is 15.3 Å². The topological polar surface area (TPSA) is 66.8 Å². The Bertz CT molecular complexity index is 1060. The Morgan fingerprint density at radius 2 is 2.23 bits per heavy atom. The molecule has 0 bridgehead atoms. The number of rotatable bonds is 5. The third kappa shape index (κ3) is 4.74. The molecule has 1 aromatic carbocycles. The average molecular weight is 487 g/mol. The van der Waals surface area contributed by atoms with Gasteiger partial charge in [-0.05, 0) is 12.1 Å². The molecule has 1 atom stereocenters. The first kappa shape index (κ1) is 22.1. The number of thiazole rings is 1. The highest BCUT2D eigenvalue weighted by Crippen LogP contribution is 2.38. The summed E-state index contributed by atoms with van der Waals surface area (Å²) >= 11 is 13.8. The van der Waals surface area contributed by atoms with E-state index in [-0.39, 0.29) is 31.6 Å². The second-order valence-electron chi connectivity index (χ2n) is 7.21. The number of benzene rings is 1. The lowest BCUT2D eigenvalue weighted by atomic mass is 9.95. The molecule has 0 spiro atoms. The van der Waals surface area contributed by atoms with Crippen molar-refractivity contribution >= 4 is 46.3 Å². The minimum absolute atomic E-state index is 0.103. The number of ether oxygens (including phenoxy) is 1. The lowest BCUT2D eigenvalue weighted by Gasteiger charge is -2.29. The van der Waals surface area contributed by atoms with Gasteiger partial charge in [0.05, 0.1) is 19.2 Å². The zero-order chi connectivity index (χ0) is 22.2. The van der Waals surface area contributed by atoms with E-state index >= 15 is 0 Å². The molecule has 2 aliphatic heterocycles. The van der Waals surface area contributed by atoms with E-state index in [4.69, 9.17) is 27.9 Å². The number of nitrogens with one attached hydrogen (secondary N) is 1. The second kappa shape index (κ2) is 8.82. The first-order valence-electron chi connectivity index (χ1n) is 9.38. The Hall–Kier alpha value is -2.07. The smallest absolute Gasteiger partial charge is 0.338 e. The molecule has 4 rings (SSSR count). The Labute approximate surface area is 191 Å². The number of esters is 1. The number of likely N-dealkylation sites (tertiary alicyclic amines) is 1. The number of aromatic nitrogens is 1. The summed E-state index contributed by atoms with van der Waals surface area (Å²) in [5.74, 6) is -2.95. The van der Waals surface area contributed by atoms with Crippen LogP contribution in [0.2, 0.25) is 10.0 Å². The quantitative estimate of drug-likeness (QED) is 0.637. The zero-order valence-corrected chi connectivity index (χ0v) is 18.7. The molecule has 11 heteroatoms. The van der Waals surface area contributed by atoms with Gasteiger partial charge in [-0.15, -0.1) is 11.3 Å². The van der Waals surface area contributed by atoms with Gasteiger partial charge in [0, 0.05) is 52.4 Å². The van der Waals surface area contributed by atoms with Crippen LogP contribution in [0, 0.1) is 0 Å². The molecular weight excluding hydrogens is 469 g/mol. The van der Waals surface area contributed by atoms with E-state index in [0.29, 0.717) is 32.1 Å². The molecule has 1 N–H and O–H groups in total. The Morgan fingerprint density at radius 3 is 2.84 bits per heavy atom. The molecule has 2 aliphatic rings. The molecule has 1 saturated heterocycles. The molecule has 6 nitrogen and oxygen atoms in total. The van der Waals surface area contributed by atoms with Gasteiger partial charge >= 0.3 is 5.97 Å². The van der Waals surface area contributed by atoms with Crippen molar-refractivity contribution in [2.45, 2.75) is 18.4 Å². The van der Waals surface area contributed by atoms with Gasteiger partial charge in [0.2, 0.25) is 0 Å². The molecule has 3 heterocycles. The normalized spacial score (nSPS) is 21.1. The largest absolute Gasteiger partial charge is 0.466 e. The maximum atomic E-state index is 13.8. The number of alkyl halides is 2. The Morgan fingerprint density at radius 1 is 1.42 bits per heavy atom. The van der Waals surface area contributed by atoms with Crippen LogP contribution >= 0.6 is 34.5 Å². The average Bonchev–Trinajstić information content (AvgIpc) is 3.36. The molecule has 31 heavy (non-hydrogen) atoms. The van der Waals surface area contributed by atoms with Crippen LogP contribution in [-0.2, 0) is 9.53 Å². The molecule has 0 amide bonds. The zero-order valence-electron chi connectivity index (χ0n) is 16.4. The van der Waals surface area contributed by atoms with Crippen LogP contribution in [0.25, 0.3) is 0 Å². The summed E-state index contributed by atoms with van der Waals surface area (Å²) in [6.07, 6.45) is 1.41. The van der Waals surface area contributed by atoms with E-state index in [0.717, 1.165) is 0 Å². The van der Waals surface area contributed by atoms with Crippen molar-refractivity contribution in [3.05, 3.63) is 61.7 Å². The minimum atomic E-state index is -2.76. The van der Waals surface area contributed by atoms with Crippen LogP contribution < -0.4 is 5.32 Å². The predicted molar refractivity (Wildman–Crippen MR) is 116 cm³/mol. The molecule has 164 valence electrons. The van der Waals surface area contributed by atoms with Crippen molar-refractivity contribution in [2.24, 2.45) is 4.99 Å². The number of carbonyl (C=O) groups is 1. The molecule has 1 fully saturated rings. The first-order valence-corrected chi connectivity index (χ1v) is 11.0. The SMILES string of the molecule is COC(=O)C1=C(CN2CCC(F)(F)C2)NC(c2nccs2)=N[C@H]1c1ccc(Cl)cc1Cl. The van der Waals surface area contributed by atoms with Crippen molar-refractivity contribution < 1.29 is 18.3 Å². The van der Waals surface area contributed by atoms with Gasteiger partial charge in [-0.2, -0.15) is 0 Å². The van der Waals surface area contributed by atoms with Crippen molar-refractivity contribution in [1.82, 2.24) is 15.2 Å². The van der Waals surface area contributed by atoms with E-state index in [1.54, 1.807) is 34.7 Å². The highest BCUT2D eigenvalue weighted by atomic mass is 35.5. The lowest BCUT2D eigenvalue weighted by molar-refractivity contribution is -0.136. The number of hydrogen-bond acceptors (Lipinski definition) is 7. The molecule has 1 aromatic heterocycles. The molecular formula is C20H18Cl2F2N4O2S. The standard InChI is InChI=1S/C20H18Cl2F2N4O2S/c1-30-19(29)15-14(9-28-6-4-20(23,24)10-28)26-17(18-25-5-7-31-18)27-16(15)12-3-2-11(21)8-13(12)22/h2-3,5,7-8,16H,4,6,9-10H2,1H3,(H,26,27)/t16-/m0/s1. The van der Waals surface area contributed by atoms with Gasteiger partial charge in [0.1, 0.15) is 6.04 Å². The number of amidine groups is 1. The first-order chi connectivity index (χ1) is 14.8. The summed E-state index contributed by atoms with van der Waals surface area (Å²) in [6.45, 7) is -0.0718. The van der Waals surface area contributed by atoms with Crippen molar-refractivity contribution in [2.75, 3.05) is 26.7 Å². The van der Waals surface area contributed by atoms with Gasteiger partial charge < -0.3 is 10.1 Å². The van der Waals surface area contributed by atoms with E-state index < -0.39 is 17.9 Å². The van der Waals surface area contributed by atoms with Crippen LogP contribution in [0.3, 0.4) is 0 Å². The fourth-order valence-electron chi connectivity index (χ4n) is 3.63. The van der Waals surface area contributed by atoms with Crippen molar-refractivity contribution in [3.8, 4) is 0 Å². The van der Waals surface area contributed by atoms with Crippen LogP contribution in [-0.4, -0.2) is 54.4 Å². The van der Waals surface area contributed by atoms with Crippen LogP contribution in [0.5, 0.6) is 0 Å². The minimum Gasteiger partial charge on any atom is -0.466 e. The highest BCUT2D eigenvalue weighted by molar-refractivity contribution is 7.11. The molecule has 0 unspecified atom stereocenters. The molecule has 0 aliphatic carbocycles. The third-order valence-corrected chi connectivity index (χ3v) is 6.40. The number of methoxy groups -OCH3 is 1. The van der Waals surface area contributed by atoms with Crippen LogP contribution in [0.4, 0.5) is 8.78 Å². The van der Waals surface area contributed by atoms with Gasteiger partial charge in [0.25, 0.3) is 5.92 Å². The van der Waals surface area contributed by atoms with Gasteiger partial charge in [-0.1, -0.05) is 29.3 Å². The summed E-state index contributed by atoms with van der Waals surface area (Å²) in [4.78, 5) is 23.4. The van der Waals surface area contributed by atoms with Crippen molar-refractivity contribution in [1.29, 1.82) is 0 Å². The highest BCUT2D eigenvalue weighted by Gasteiger charge is 2.40. The summed E-state index contributed by atoms with van der Waals surface area (Å²) in [6, 6.07) is 4.09. The maximum Gasteiger partial charge on any atom is 0.338 e. The number of aliphatic imine (C=N–C) groups is 1. The summed E-state index contributed by atoms with van der Waals surface area (Å²) < 4.78 is 32.6. The fraction of sp³-hybridized carbons (Fsp3) is 0.350. The van der Waals surface area contributed by atoms with Crippen LogP contribution in [0.15, 0.2) is 46.0 Å². The number of nitrogens with zero attached hydrogens (tertiary/aromatic N) is 3. The Balaban J connectivity index is 1.81. The summed E-state index contributed by atoms with van der Waals surface area (Å²) in [5.41, 5.74) is 1.19. The number of halogens is 4. The fourth-order valence-corrected chi connectivity index (χ4v) is 4.73. The summed E-state index contributed by atoms with van der Waals surface area (Å²) in [7, 11) is 1.26. The number of carbonyl (C=O) groups excluding carboxylic acids is 1. The maximum absolute atomic E-state index is 13.8. The molecule has 0 saturated carbocycles. The van der Waals surface area contributed by atoms with Gasteiger partial charge in [0.15, 0.2) is 10.8 Å². The lowest BCUT2D eigenvalue weighted by Crippen LogP contribution is -2.39. The summed E-state index contributed by atoms with van der Waals surface area (Å²) in [5, 5.41) is 6.29. The molecule has 0 radical (unpaired) electrons. The van der Waals surface area contributed by atoms with Gasteiger partial charge in [-0.25, -0.2) is 18.6 Å².